The van der Waals surface area contributed by atoms with Crippen LogP contribution < -0.4 is 0 Å². The lowest BCUT2D eigenvalue weighted by Crippen LogP contribution is -2.03. The number of nitriles is 1. The number of hydrogen-bond donors (Lipinski definition) is 0. The minimum atomic E-state index is -0.572. The second-order valence-corrected chi connectivity index (χ2v) is 3.60. The first-order chi connectivity index (χ1) is 6.70. The van der Waals surface area contributed by atoms with E-state index in [1.807, 2.05) is 0 Å². The minimum Gasteiger partial charge on any atom is -0.351 e. The number of hydrogen-bond acceptors (Lipinski definition) is 3. The van der Waals surface area contributed by atoms with Crippen LogP contribution in [0.5, 0.6) is 0 Å². The summed E-state index contributed by atoms with van der Waals surface area (Å²) < 4.78 is 3.71. The monoisotopic (exact) mass is 197 g/mol. The van der Waals surface area contributed by atoms with Crippen LogP contribution >= 0.6 is 0 Å². The summed E-state index contributed by atoms with van der Waals surface area (Å²) in [5, 5.41) is 7.54. The summed E-state index contributed by atoms with van der Waals surface area (Å²) in [6.45, 7) is 3.49. The fraction of sp³-hybridized carbons (Fsp3) is 0.818. The summed E-state index contributed by atoms with van der Waals surface area (Å²) in [5.74, 6) is 0.515. The van der Waals surface area contributed by atoms with Crippen molar-refractivity contribution >= 4 is 5.97 Å². The molecule has 1 aliphatic rings. The van der Waals surface area contributed by atoms with Gasteiger partial charge in [0.15, 0.2) is 0 Å². The van der Waals surface area contributed by atoms with E-state index in [0.29, 0.717) is 0 Å². The number of rotatable bonds is 1. The first kappa shape index (κ1) is 13.0. The normalized spacial score (nSPS) is 16.1. The molecule has 0 aromatic carbocycles. The molecule has 0 saturated heterocycles. The van der Waals surface area contributed by atoms with Gasteiger partial charge in [0.1, 0.15) is 0 Å². The van der Waals surface area contributed by atoms with Gasteiger partial charge in [-0.05, 0) is 5.92 Å². The average molecular weight is 197 g/mol. The Balaban J connectivity index is 0.000000255. The Labute approximate surface area is 86.1 Å². The van der Waals surface area contributed by atoms with E-state index >= 15 is 0 Å². The molecule has 1 aliphatic carbocycles. The number of ether oxygens (including phenoxy) is 1. The van der Waals surface area contributed by atoms with Gasteiger partial charge < -0.3 is 4.74 Å². The number of carbonyl (C=O) groups is 1. The Bertz CT molecular complexity index is 190. The molecule has 3 heteroatoms. The van der Waals surface area contributed by atoms with Crippen molar-refractivity contribution in [2.24, 2.45) is 5.92 Å². The van der Waals surface area contributed by atoms with E-state index in [1.165, 1.54) is 51.7 Å². The molecular weight excluding hydrogens is 178 g/mol. The third-order valence-corrected chi connectivity index (χ3v) is 2.49. The highest BCUT2D eigenvalue weighted by atomic mass is 16.5. The quantitative estimate of drug-likeness (QED) is 0.479. The molecule has 3 nitrogen and oxygen atoms in total. The lowest BCUT2D eigenvalue weighted by atomic mass is 9.88. The van der Waals surface area contributed by atoms with Gasteiger partial charge in [-0.25, -0.2) is 0 Å². The van der Waals surface area contributed by atoms with Gasteiger partial charge in [-0.3, -0.25) is 4.79 Å². The van der Waals surface area contributed by atoms with Crippen LogP contribution in [0.15, 0.2) is 0 Å². The number of nitrogens with zero attached hydrogens (tertiary/aromatic N) is 1. The summed E-state index contributed by atoms with van der Waals surface area (Å²) >= 11 is 0. The second kappa shape index (κ2) is 8.55. The highest BCUT2D eigenvalue weighted by molar-refractivity contribution is 5.66. The van der Waals surface area contributed by atoms with Crippen molar-refractivity contribution in [3.63, 3.8) is 0 Å². The average Bonchev–Trinajstić information content (AvgIpc) is 2.20. The van der Waals surface area contributed by atoms with Crippen molar-refractivity contribution in [3.8, 4) is 6.26 Å². The molecule has 0 radical (unpaired) electrons. The maximum absolute atomic E-state index is 9.60. The Kier molecular flexibility index (Phi) is 7.92. The third-order valence-electron chi connectivity index (χ3n) is 2.49. The van der Waals surface area contributed by atoms with Crippen LogP contribution in [0.2, 0.25) is 0 Å². The summed E-state index contributed by atoms with van der Waals surface area (Å²) in [5.41, 5.74) is 0. The summed E-state index contributed by atoms with van der Waals surface area (Å²) in [4.78, 5) is 9.60. The van der Waals surface area contributed by atoms with E-state index in [9.17, 15) is 4.79 Å². The van der Waals surface area contributed by atoms with Crippen molar-refractivity contribution in [2.45, 2.75) is 52.4 Å². The van der Waals surface area contributed by atoms with Crippen molar-refractivity contribution in [2.75, 3.05) is 0 Å². The van der Waals surface area contributed by atoms with Crippen LogP contribution in [0.1, 0.15) is 52.4 Å². The fourth-order valence-electron chi connectivity index (χ4n) is 1.66. The minimum absolute atomic E-state index is 0.572. The van der Waals surface area contributed by atoms with E-state index in [2.05, 4.69) is 11.7 Å². The molecule has 0 amide bonds. The largest absolute Gasteiger partial charge is 0.351 e. The molecule has 0 bridgehead atoms. The Morgan fingerprint density at radius 1 is 1.43 bits per heavy atom. The Hall–Kier alpha value is -1.04. The molecule has 1 fully saturated rings. The molecule has 14 heavy (non-hydrogen) atoms. The fourth-order valence-corrected chi connectivity index (χ4v) is 1.66. The predicted octanol–water partition coefficient (Wildman–Crippen LogP) is 3.01. The van der Waals surface area contributed by atoms with Gasteiger partial charge in [-0.15, -0.1) is 5.26 Å². The summed E-state index contributed by atoms with van der Waals surface area (Å²) in [6, 6.07) is 0. The number of carbonyl (C=O) groups excluding carboxylic acids is 1. The first-order valence-corrected chi connectivity index (χ1v) is 5.27. The van der Waals surface area contributed by atoms with E-state index in [0.717, 1.165) is 5.92 Å². The van der Waals surface area contributed by atoms with E-state index in [1.54, 1.807) is 0 Å². The van der Waals surface area contributed by atoms with Gasteiger partial charge in [-0.1, -0.05) is 45.4 Å². The molecule has 1 saturated carbocycles. The van der Waals surface area contributed by atoms with Crippen LogP contribution in [-0.2, 0) is 9.53 Å². The summed E-state index contributed by atoms with van der Waals surface area (Å²) in [6.07, 6.45) is 10.1. The van der Waals surface area contributed by atoms with Crippen molar-refractivity contribution in [3.05, 3.63) is 0 Å². The topological polar surface area (TPSA) is 50.1 Å². The molecule has 0 aromatic heterocycles. The standard InChI is InChI=1S/C8H16.C3H3NO2/c1-2-8-6-4-3-5-7-8;1-3(5)6-2-4/h8H,2-7H2,1H3;1H3. The van der Waals surface area contributed by atoms with E-state index in [-0.39, 0.29) is 0 Å². The lowest BCUT2D eigenvalue weighted by molar-refractivity contribution is -0.134. The second-order valence-electron chi connectivity index (χ2n) is 3.60. The molecule has 0 aromatic rings. The molecule has 0 aliphatic heterocycles. The highest BCUT2D eigenvalue weighted by Gasteiger charge is 2.09. The first-order valence-electron chi connectivity index (χ1n) is 5.27. The van der Waals surface area contributed by atoms with Crippen LogP contribution in [0.3, 0.4) is 0 Å². The molecule has 0 atom stereocenters. The molecular formula is C11H19NO2. The smallest absolute Gasteiger partial charge is 0.318 e. The molecule has 80 valence electrons. The maximum atomic E-state index is 9.60. The van der Waals surface area contributed by atoms with Gasteiger partial charge in [-0.2, -0.15) is 0 Å². The molecule has 0 spiro atoms. The van der Waals surface area contributed by atoms with E-state index in [4.69, 9.17) is 5.26 Å². The van der Waals surface area contributed by atoms with Gasteiger partial charge in [0.2, 0.25) is 0 Å². The van der Waals surface area contributed by atoms with Crippen LogP contribution in [0.4, 0.5) is 0 Å². The van der Waals surface area contributed by atoms with Crippen LogP contribution in [0.25, 0.3) is 0 Å². The van der Waals surface area contributed by atoms with Crippen LogP contribution in [-0.4, -0.2) is 5.97 Å². The van der Waals surface area contributed by atoms with Crippen molar-refractivity contribution < 1.29 is 9.53 Å². The van der Waals surface area contributed by atoms with Crippen molar-refractivity contribution in [1.82, 2.24) is 0 Å². The van der Waals surface area contributed by atoms with Gasteiger partial charge in [0.25, 0.3) is 6.26 Å². The third kappa shape index (κ3) is 7.60. The highest BCUT2D eigenvalue weighted by Crippen LogP contribution is 2.25. The predicted molar refractivity (Wildman–Crippen MR) is 54.2 cm³/mol. The van der Waals surface area contributed by atoms with Gasteiger partial charge in [0, 0.05) is 6.92 Å². The molecule has 0 heterocycles. The van der Waals surface area contributed by atoms with Crippen LogP contribution in [0, 0.1) is 17.4 Å². The van der Waals surface area contributed by atoms with E-state index < -0.39 is 5.97 Å². The SMILES string of the molecule is CC(=O)OC#N.CCC1CCCCC1. The number of esters is 1. The zero-order valence-corrected chi connectivity index (χ0v) is 9.08. The molecule has 0 N–H and O–H groups in total. The zero-order valence-electron chi connectivity index (χ0n) is 9.08. The molecule has 1 rings (SSSR count). The Morgan fingerprint density at radius 2 is 2.00 bits per heavy atom. The summed E-state index contributed by atoms with van der Waals surface area (Å²) in [7, 11) is 0. The van der Waals surface area contributed by atoms with Gasteiger partial charge >= 0.3 is 5.97 Å². The molecule has 0 unspecified atom stereocenters. The van der Waals surface area contributed by atoms with Crippen molar-refractivity contribution in [1.29, 1.82) is 5.26 Å². The lowest BCUT2D eigenvalue weighted by Gasteiger charge is -2.18. The Morgan fingerprint density at radius 3 is 2.21 bits per heavy atom. The zero-order chi connectivity index (χ0) is 10.8. The van der Waals surface area contributed by atoms with Gasteiger partial charge in [0.05, 0.1) is 0 Å². The maximum Gasteiger partial charge on any atom is 0.318 e.